The number of nitrogens with two attached hydrogens (primary N) is 1. The molecule has 1 aliphatic carbocycles. The Morgan fingerprint density at radius 1 is 1.15 bits per heavy atom. The SMILES string of the molecule is CCCCC1CCCc2ccc(Oc3ccc(C(N)=O)cn3)cc2CCC1. The first-order valence-electron chi connectivity index (χ1n) is 10.2. The van der Waals surface area contributed by atoms with Crippen LogP contribution in [0.5, 0.6) is 11.6 Å². The van der Waals surface area contributed by atoms with Gasteiger partial charge in [0.05, 0.1) is 5.56 Å². The van der Waals surface area contributed by atoms with Crippen molar-refractivity contribution in [2.75, 3.05) is 0 Å². The van der Waals surface area contributed by atoms with Crippen LogP contribution in [0.2, 0.25) is 0 Å². The number of unbranched alkanes of at least 4 members (excludes halogenated alkanes) is 1. The Kier molecular flexibility index (Phi) is 6.86. The zero-order valence-corrected chi connectivity index (χ0v) is 16.2. The third kappa shape index (κ3) is 5.56. The van der Waals surface area contributed by atoms with Crippen molar-refractivity contribution < 1.29 is 9.53 Å². The number of hydrogen-bond acceptors (Lipinski definition) is 3. The van der Waals surface area contributed by atoms with Gasteiger partial charge in [-0.1, -0.05) is 45.1 Å². The number of benzene rings is 1. The Morgan fingerprint density at radius 3 is 2.59 bits per heavy atom. The van der Waals surface area contributed by atoms with Gasteiger partial charge in [0.25, 0.3) is 0 Å². The van der Waals surface area contributed by atoms with E-state index in [2.05, 4.69) is 24.0 Å². The molecule has 1 heterocycles. The van der Waals surface area contributed by atoms with E-state index in [1.54, 1.807) is 12.1 Å². The summed E-state index contributed by atoms with van der Waals surface area (Å²) in [6.07, 6.45) is 13.0. The number of carbonyl (C=O) groups excluding carboxylic acids is 1. The lowest BCUT2D eigenvalue weighted by Crippen LogP contribution is -2.10. The molecule has 144 valence electrons. The molecule has 1 aliphatic rings. The van der Waals surface area contributed by atoms with Crippen molar-refractivity contribution >= 4 is 5.91 Å². The van der Waals surface area contributed by atoms with Gasteiger partial charge in [-0.3, -0.25) is 4.79 Å². The van der Waals surface area contributed by atoms with Crippen LogP contribution >= 0.6 is 0 Å². The highest BCUT2D eigenvalue weighted by atomic mass is 16.5. The second-order valence-corrected chi connectivity index (χ2v) is 7.57. The molecule has 2 aromatic rings. The first kappa shape index (κ1) is 19.4. The van der Waals surface area contributed by atoms with Crippen LogP contribution in [0.3, 0.4) is 0 Å². The maximum Gasteiger partial charge on any atom is 0.250 e. The summed E-state index contributed by atoms with van der Waals surface area (Å²) in [6.45, 7) is 2.28. The van der Waals surface area contributed by atoms with Crippen molar-refractivity contribution in [3.05, 3.63) is 53.2 Å². The highest BCUT2D eigenvalue weighted by Crippen LogP contribution is 2.29. The summed E-state index contributed by atoms with van der Waals surface area (Å²) < 4.78 is 5.89. The normalized spacial score (nSPS) is 17.3. The van der Waals surface area contributed by atoms with Gasteiger partial charge < -0.3 is 10.5 Å². The number of primary amides is 1. The number of amides is 1. The van der Waals surface area contributed by atoms with Gasteiger partial charge in [0.2, 0.25) is 11.8 Å². The first-order valence-corrected chi connectivity index (χ1v) is 10.2. The molecule has 27 heavy (non-hydrogen) atoms. The number of ether oxygens (including phenoxy) is 1. The van der Waals surface area contributed by atoms with E-state index < -0.39 is 5.91 Å². The predicted octanol–water partition coefficient (Wildman–Crippen LogP) is 5.44. The van der Waals surface area contributed by atoms with E-state index in [0.717, 1.165) is 24.5 Å². The number of pyridine rings is 1. The molecule has 1 atom stereocenters. The van der Waals surface area contributed by atoms with Crippen molar-refractivity contribution in [3.8, 4) is 11.6 Å². The summed E-state index contributed by atoms with van der Waals surface area (Å²) >= 11 is 0. The number of aromatic nitrogens is 1. The van der Waals surface area contributed by atoms with Gasteiger partial charge in [0.1, 0.15) is 5.75 Å². The number of nitrogens with zero attached hydrogens (tertiary/aromatic N) is 1. The minimum Gasteiger partial charge on any atom is -0.439 e. The van der Waals surface area contributed by atoms with Crippen LogP contribution in [0.4, 0.5) is 0 Å². The minimum absolute atomic E-state index is 0.384. The molecule has 0 radical (unpaired) electrons. The number of carbonyl (C=O) groups is 1. The van der Waals surface area contributed by atoms with Crippen molar-refractivity contribution in [2.45, 2.75) is 64.7 Å². The van der Waals surface area contributed by atoms with Gasteiger partial charge in [-0.05, 0) is 60.9 Å². The molecule has 0 saturated carbocycles. The summed E-state index contributed by atoms with van der Waals surface area (Å²) in [5.74, 6) is 1.68. The lowest BCUT2D eigenvalue weighted by Gasteiger charge is -2.14. The molecular weight excluding hydrogens is 336 g/mol. The zero-order valence-electron chi connectivity index (χ0n) is 16.2. The predicted molar refractivity (Wildman–Crippen MR) is 108 cm³/mol. The molecule has 3 rings (SSSR count). The van der Waals surface area contributed by atoms with E-state index in [9.17, 15) is 4.79 Å². The van der Waals surface area contributed by atoms with Gasteiger partial charge in [-0.2, -0.15) is 0 Å². The van der Waals surface area contributed by atoms with Crippen LogP contribution in [0.15, 0.2) is 36.5 Å². The quantitative estimate of drug-likeness (QED) is 0.740. The van der Waals surface area contributed by atoms with Crippen molar-refractivity contribution in [2.24, 2.45) is 11.7 Å². The fourth-order valence-corrected chi connectivity index (χ4v) is 3.94. The molecule has 2 N–H and O–H groups in total. The summed E-state index contributed by atoms with van der Waals surface area (Å²) in [7, 11) is 0. The molecule has 0 aliphatic heterocycles. The van der Waals surface area contributed by atoms with Crippen LogP contribution in [0.1, 0.15) is 73.4 Å². The smallest absolute Gasteiger partial charge is 0.250 e. The monoisotopic (exact) mass is 366 g/mol. The van der Waals surface area contributed by atoms with Crippen LogP contribution in [-0.4, -0.2) is 10.9 Å². The molecule has 1 unspecified atom stereocenters. The van der Waals surface area contributed by atoms with Crippen LogP contribution in [0.25, 0.3) is 0 Å². The number of rotatable bonds is 6. The fourth-order valence-electron chi connectivity index (χ4n) is 3.94. The number of fused-ring (bicyclic) bond motifs is 1. The Balaban J connectivity index is 1.66. The summed E-state index contributed by atoms with van der Waals surface area (Å²) in [5, 5.41) is 0. The first-order chi connectivity index (χ1) is 13.2. The lowest BCUT2D eigenvalue weighted by molar-refractivity contribution is 0.1000. The minimum atomic E-state index is -0.483. The summed E-state index contributed by atoms with van der Waals surface area (Å²) in [6, 6.07) is 9.70. The second-order valence-electron chi connectivity index (χ2n) is 7.57. The molecular formula is C23H30N2O2. The lowest BCUT2D eigenvalue weighted by atomic mass is 9.92. The van der Waals surface area contributed by atoms with Gasteiger partial charge in [-0.15, -0.1) is 0 Å². The maximum atomic E-state index is 11.1. The van der Waals surface area contributed by atoms with Crippen LogP contribution < -0.4 is 10.5 Å². The molecule has 1 amide bonds. The van der Waals surface area contributed by atoms with E-state index in [0.29, 0.717) is 11.4 Å². The average molecular weight is 367 g/mol. The van der Waals surface area contributed by atoms with Crippen molar-refractivity contribution in [1.82, 2.24) is 4.98 Å². The van der Waals surface area contributed by atoms with E-state index >= 15 is 0 Å². The van der Waals surface area contributed by atoms with E-state index in [1.807, 2.05) is 6.07 Å². The largest absolute Gasteiger partial charge is 0.439 e. The second kappa shape index (κ2) is 9.54. The molecule has 0 spiro atoms. The highest BCUT2D eigenvalue weighted by Gasteiger charge is 2.14. The topological polar surface area (TPSA) is 65.2 Å². The third-order valence-electron chi connectivity index (χ3n) is 5.50. The number of aryl methyl sites for hydroxylation is 2. The van der Waals surface area contributed by atoms with Crippen LogP contribution in [-0.2, 0) is 12.8 Å². The summed E-state index contributed by atoms with van der Waals surface area (Å²) in [4.78, 5) is 15.3. The van der Waals surface area contributed by atoms with Crippen molar-refractivity contribution in [1.29, 1.82) is 0 Å². The molecule has 4 nitrogen and oxygen atoms in total. The molecule has 1 aromatic carbocycles. The maximum absolute atomic E-state index is 11.1. The molecule has 1 aromatic heterocycles. The fraction of sp³-hybridized carbons (Fsp3) is 0.478. The summed E-state index contributed by atoms with van der Waals surface area (Å²) in [5.41, 5.74) is 8.49. The van der Waals surface area contributed by atoms with Gasteiger partial charge >= 0.3 is 0 Å². The van der Waals surface area contributed by atoms with Gasteiger partial charge in [-0.25, -0.2) is 4.98 Å². The van der Waals surface area contributed by atoms with Gasteiger partial charge in [0.15, 0.2) is 0 Å². The Bertz CT molecular complexity index is 755. The third-order valence-corrected chi connectivity index (χ3v) is 5.50. The van der Waals surface area contributed by atoms with Crippen LogP contribution in [0, 0.1) is 5.92 Å². The Labute approximate surface area is 162 Å². The molecule has 0 saturated heterocycles. The number of hydrogen-bond donors (Lipinski definition) is 1. The van der Waals surface area contributed by atoms with E-state index in [-0.39, 0.29) is 0 Å². The molecule has 0 bridgehead atoms. The zero-order chi connectivity index (χ0) is 19.1. The Hall–Kier alpha value is -2.36. The standard InChI is InChI=1S/C23H30N2O2/c1-2-3-6-17-7-4-9-18-11-13-21(15-19(18)10-5-8-17)27-22-14-12-20(16-25-22)23(24)26/h11-17H,2-10H2,1H3,(H2,24,26). The van der Waals surface area contributed by atoms with Gasteiger partial charge in [0, 0.05) is 12.3 Å². The van der Waals surface area contributed by atoms with E-state index in [4.69, 9.17) is 10.5 Å². The highest BCUT2D eigenvalue weighted by molar-refractivity contribution is 5.92. The van der Waals surface area contributed by atoms with E-state index in [1.165, 1.54) is 62.3 Å². The van der Waals surface area contributed by atoms with Crippen molar-refractivity contribution in [3.63, 3.8) is 0 Å². The molecule has 0 fully saturated rings. The Morgan fingerprint density at radius 2 is 1.93 bits per heavy atom. The average Bonchev–Trinajstić information content (AvgIpc) is 2.76. The molecule has 4 heteroatoms.